The van der Waals surface area contributed by atoms with E-state index in [1.165, 1.54) is 12.8 Å². The van der Waals surface area contributed by atoms with Gasteiger partial charge in [0.2, 0.25) is 11.9 Å². The molecule has 0 radical (unpaired) electrons. The summed E-state index contributed by atoms with van der Waals surface area (Å²) in [5.41, 5.74) is 19.5. The molecule has 6 N–H and O–H groups in total. The van der Waals surface area contributed by atoms with Gasteiger partial charge >= 0.3 is 0 Å². The van der Waals surface area contributed by atoms with Gasteiger partial charge in [0, 0.05) is 31.2 Å². The fourth-order valence-corrected chi connectivity index (χ4v) is 3.29. The molecule has 168 valence electrons. The average Bonchev–Trinajstić information content (AvgIpc) is 3.47. The van der Waals surface area contributed by atoms with Gasteiger partial charge in [-0.15, -0.1) is 0 Å². The zero-order valence-corrected chi connectivity index (χ0v) is 18.5. The quantitative estimate of drug-likeness (QED) is 0.302. The number of allylic oxidation sites excluding steroid dienone is 1. The number of ether oxygens (including phenoxy) is 1. The molecule has 1 heterocycles. The maximum Gasteiger partial charge on any atom is 0.248 e. The predicted octanol–water partition coefficient (Wildman–Crippen LogP) is 2.11. The normalized spacial score (nSPS) is 14.6. The summed E-state index contributed by atoms with van der Waals surface area (Å²) in [5.74, 6) is 1.51. The lowest BCUT2D eigenvalue weighted by molar-refractivity contribution is 0.1000. The Labute approximate surface area is 182 Å². The van der Waals surface area contributed by atoms with Crippen LogP contribution < -0.4 is 21.9 Å². The van der Waals surface area contributed by atoms with E-state index in [-0.39, 0.29) is 6.04 Å². The first-order valence-electron chi connectivity index (χ1n) is 10.8. The van der Waals surface area contributed by atoms with Crippen molar-refractivity contribution in [3.63, 3.8) is 0 Å². The van der Waals surface area contributed by atoms with Crippen LogP contribution in [-0.2, 0) is 6.54 Å². The molecule has 0 spiro atoms. The number of fused-ring (bicyclic) bond motifs is 1. The third-order valence-electron chi connectivity index (χ3n) is 5.17. The number of benzene rings is 1. The number of primary amides is 1. The number of amides is 1. The highest BCUT2D eigenvalue weighted by atomic mass is 16.5. The Bertz CT molecular complexity index is 989. The van der Waals surface area contributed by atoms with Crippen LogP contribution in [0.5, 0.6) is 5.75 Å². The molecular weight excluding hydrogens is 394 g/mol. The van der Waals surface area contributed by atoms with Crippen molar-refractivity contribution in [3.05, 3.63) is 29.8 Å². The minimum Gasteiger partial charge on any atom is -0.491 e. The number of hydrogen-bond donors (Lipinski definition) is 3. The Balaban J connectivity index is 1.81. The van der Waals surface area contributed by atoms with Crippen molar-refractivity contribution in [1.82, 2.24) is 14.5 Å². The highest BCUT2D eigenvalue weighted by molar-refractivity contribution is 5.98. The molecule has 1 aliphatic carbocycles. The van der Waals surface area contributed by atoms with Gasteiger partial charge in [-0.3, -0.25) is 9.79 Å². The van der Waals surface area contributed by atoms with Crippen LogP contribution in [0, 0.1) is 5.92 Å². The van der Waals surface area contributed by atoms with Gasteiger partial charge in [-0.1, -0.05) is 12.2 Å². The molecule has 1 aliphatic rings. The molecule has 31 heavy (non-hydrogen) atoms. The van der Waals surface area contributed by atoms with Gasteiger partial charge in [0.05, 0.1) is 12.1 Å². The molecule has 0 atom stereocenters. The van der Waals surface area contributed by atoms with E-state index < -0.39 is 5.91 Å². The monoisotopic (exact) mass is 427 g/mol. The number of carbonyl (C=O) groups excluding carboxylic acids is 1. The third kappa shape index (κ3) is 5.68. The van der Waals surface area contributed by atoms with Crippen LogP contribution in [0.25, 0.3) is 11.0 Å². The first kappa shape index (κ1) is 22.5. The number of aliphatic imine (C=N–C) groups is 1. The highest BCUT2D eigenvalue weighted by Gasteiger charge is 2.23. The minimum atomic E-state index is -0.522. The Kier molecular flexibility index (Phi) is 7.04. The average molecular weight is 428 g/mol. The molecule has 0 aliphatic heterocycles. The Morgan fingerprint density at radius 2 is 2.10 bits per heavy atom. The van der Waals surface area contributed by atoms with Crippen molar-refractivity contribution < 1.29 is 9.53 Å². The lowest BCUT2D eigenvalue weighted by Gasteiger charge is -2.20. The number of nitrogens with zero attached hydrogens (tertiary/aromatic N) is 4. The van der Waals surface area contributed by atoms with Crippen LogP contribution in [0.1, 0.15) is 44.0 Å². The molecule has 0 bridgehead atoms. The smallest absolute Gasteiger partial charge is 0.248 e. The molecule has 9 heteroatoms. The molecular formula is C22H33N7O2. The summed E-state index contributed by atoms with van der Waals surface area (Å²) in [7, 11) is 0. The van der Waals surface area contributed by atoms with Crippen LogP contribution in [0.2, 0.25) is 0 Å². The summed E-state index contributed by atoms with van der Waals surface area (Å²) in [6, 6.07) is 3.48. The van der Waals surface area contributed by atoms with Crippen molar-refractivity contribution in [2.75, 3.05) is 25.4 Å². The summed E-state index contributed by atoms with van der Waals surface area (Å²) >= 11 is 0. The molecule has 1 fully saturated rings. The molecule has 1 aromatic carbocycles. The number of rotatable bonds is 10. The van der Waals surface area contributed by atoms with Crippen LogP contribution in [0.4, 0.5) is 5.95 Å². The van der Waals surface area contributed by atoms with Gasteiger partial charge in [-0.05, 0) is 51.7 Å². The van der Waals surface area contributed by atoms with E-state index in [1.807, 2.05) is 42.4 Å². The number of guanidine groups is 1. The summed E-state index contributed by atoms with van der Waals surface area (Å²) in [5, 5.41) is 0. The van der Waals surface area contributed by atoms with Crippen LogP contribution >= 0.6 is 0 Å². The Morgan fingerprint density at radius 3 is 2.71 bits per heavy atom. The molecule has 1 saturated carbocycles. The second kappa shape index (κ2) is 9.72. The number of nitrogens with two attached hydrogens (primary N) is 3. The Hall–Kier alpha value is -3.23. The standard InChI is InChI=1S/C22H33N7O2/c1-4-28(21(24)26-14(2)3)9-5-6-10-29-19-17(27-22(29)25)11-16(20(23)30)12-18(19)31-13-15-7-8-15/h5-6,11-12,14-15H,4,7-10,13H2,1-3H3,(H2,23,30)(H2,24,26)(H2,25,27)/b6-5+. The molecule has 1 amide bonds. The second-order valence-corrected chi connectivity index (χ2v) is 8.13. The van der Waals surface area contributed by atoms with E-state index in [9.17, 15) is 4.79 Å². The first-order valence-corrected chi connectivity index (χ1v) is 10.8. The lowest BCUT2D eigenvalue weighted by Crippen LogP contribution is -2.38. The number of aromatic nitrogens is 2. The Morgan fingerprint density at radius 1 is 1.35 bits per heavy atom. The van der Waals surface area contributed by atoms with E-state index in [4.69, 9.17) is 21.9 Å². The van der Waals surface area contributed by atoms with Crippen molar-refractivity contribution in [2.45, 2.75) is 46.2 Å². The maximum absolute atomic E-state index is 11.7. The van der Waals surface area contributed by atoms with Crippen LogP contribution in [0.15, 0.2) is 29.3 Å². The van der Waals surface area contributed by atoms with Gasteiger partial charge in [0.25, 0.3) is 0 Å². The van der Waals surface area contributed by atoms with E-state index >= 15 is 0 Å². The summed E-state index contributed by atoms with van der Waals surface area (Å²) < 4.78 is 7.91. The van der Waals surface area contributed by atoms with Gasteiger partial charge in [-0.25, -0.2) is 4.98 Å². The number of carbonyl (C=O) groups is 1. The van der Waals surface area contributed by atoms with Gasteiger partial charge in [-0.2, -0.15) is 0 Å². The summed E-state index contributed by atoms with van der Waals surface area (Å²) in [4.78, 5) is 22.5. The van der Waals surface area contributed by atoms with Crippen LogP contribution in [-0.4, -0.2) is 52.1 Å². The second-order valence-electron chi connectivity index (χ2n) is 8.13. The molecule has 0 unspecified atom stereocenters. The van der Waals surface area contributed by atoms with Gasteiger partial charge in [0.15, 0.2) is 5.96 Å². The van der Waals surface area contributed by atoms with E-state index in [0.717, 1.165) is 12.1 Å². The fourth-order valence-electron chi connectivity index (χ4n) is 3.29. The molecule has 1 aromatic heterocycles. The number of nitrogen functional groups attached to an aromatic ring is 1. The summed E-state index contributed by atoms with van der Waals surface area (Å²) in [6.07, 6.45) is 6.37. The predicted molar refractivity (Wildman–Crippen MR) is 124 cm³/mol. The van der Waals surface area contributed by atoms with Crippen LogP contribution in [0.3, 0.4) is 0 Å². The molecule has 9 nitrogen and oxygen atoms in total. The van der Waals surface area contributed by atoms with E-state index in [1.54, 1.807) is 12.1 Å². The maximum atomic E-state index is 11.7. The van der Waals surface area contributed by atoms with Crippen molar-refractivity contribution in [1.29, 1.82) is 0 Å². The minimum absolute atomic E-state index is 0.148. The van der Waals surface area contributed by atoms with Crippen molar-refractivity contribution >= 4 is 28.8 Å². The van der Waals surface area contributed by atoms with E-state index in [0.29, 0.717) is 54.4 Å². The number of likely N-dealkylation sites (N-methyl/N-ethyl adjacent to an activating group) is 1. The largest absolute Gasteiger partial charge is 0.491 e. The SMILES string of the molecule is CCN(C/C=C/Cn1c(N)nc2cc(C(N)=O)cc(OCC3CC3)c21)C(N)=NC(C)C. The van der Waals surface area contributed by atoms with Crippen molar-refractivity contribution in [3.8, 4) is 5.75 Å². The van der Waals surface area contributed by atoms with Crippen molar-refractivity contribution in [2.24, 2.45) is 22.4 Å². The zero-order valence-electron chi connectivity index (χ0n) is 18.5. The van der Waals surface area contributed by atoms with E-state index in [2.05, 4.69) is 9.98 Å². The molecule has 0 saturated heterocycles. The summed E-state index contributed by atoms with van der Waals surface area (Å²) in [6.45, 7) is 8.55. The zero-order chi connectivity index (χ0) is 22.5. The van der Waals surface area contributed by atoms with Gasteiger partial charge < -0.3 is 31.4 Å². The number of anilines is 1. The topological polar surface area (TPSA) is 138 Å². The third-order valence-corrected chi connectivity index (χ3v) is 5.17. The molecule has 3 rings (SSSR count). The molecule has 2 aromatic rings. The highest BCUT2D eigenvalue weighted by Crippen LogP contribution is 2.33. The lowest BCUT2D eigenvalue weighted by atomic mass is 10.1. The first-order chi connectivity index (χ1) is 14.8. The number of imidazole rings is 1. The number of hydrogen-bond acceptors (Lipinski definition) is 5. The van der Waals surface area contributed by atoms with Gasteiger partial charge in [0.1, 0.15) is 11.3 Å². The fraction of sp³-hybridized carbons (Fsp3) is 0.500.